The highest BCUT2D eigenvalue weighted by Crippen LogP contribution is 2.48. The van der Waals surface area contributed by atoms with Crippen molar-refractivity contribution in [3.8, 4) is 5.75 Å². The third-order valence-electron chi connectivity index (χ3n) is 7.55. The second-order valence-electron chi connectivity index (χ2n) is 10.3. The summed E-state index contributed by atoms with van der Waals surface area (Å²) >= 11 is 2.49. The lowest BCUT2D eigenvalue weighted by Crippen LogP contribution is -2.29. The van der Waals surface area contributed by atoms with Gasteiger partial charge in [0, 0.05) is 26.0 Å². The number of fused-ring (bicyclic) bond motifs is 3. The van der Waals surface area contributed by atoms with Crippen molar-refractivity contribution in [1.82, 2.24) is 9.88 Å². The molecule has 0 radical (unpaired) electrons. The van der Waals surface area contributed by atoms with Crippen LogP contribution in [-0.4, -0.2) is 22.4 Å². The topological polar surface area (TPSA) is 45.3 Å². The smallest absolute Gasteiger partial charge is 0.275 e. The van der Waals surface area contributed by atoms with E-state index in [1.54, 1.807) is 0 Å². The predicted octanol–water partition coefficient (Wildman–Crippen LogP) is 8.78. The first-order valence-corrected chi connectivity index (χ1v) is 14.7. The fourth-order valence-corrected chi connectivity index (χ4v) is 6.80. The molecule has 0 saturated heterocycles. The number of nitrogens with one attached hydrogen (secondary N) is 1. The van der Waals surface area contributed by atoms with Crippen LogP contribution in [0, 0.1) is 13.8 Å². The Hall–Kier alpha value is -3.84. The molecule has 2 heterocycles. The van der Waals surface area contributed by atoms with E-state index in [0.717, 1.165) is 48.2 Å². The normalized spacial score (nSPS) is 15.3. The van der Waals surface area contributed by atoms with E-state index >= 15 is 0 Å². The number of aromatic nitrogens is 1. The number of H-pyrrole nitrogens is 1. The van der Waals surface area contributed by atoms with Gasteiger partial charge in [0.05, 0.1) is 18.8 Å². The minimum Gasteiger partial charge on any atom is -0.494 e. The van der Waals surface area contributed by atoms with Crippen molar-refractivity contribution in [1.29, 1.82) is 0 Å². The molecule has 0 fully saturated rings. The molecule has 5 heteroatoms. The van der Waals surface area contributed by atoms with E-state index in [0.29, 0.717) is 18.8 Å². The Morgan fingerprint density at radius 1 is 0.850 bits per heavy atom. The molecular formula is C35H31IN2O2. The first kappa shape index (κ1) is 26.4. The Kier molecular flexibility index (Phi) is 7.24. The van der Waals surface area contributed by atoms with E-state index in [1.165, 1.54) is 11.1 Å². The standard InChI is InChI=1S/C35H31IN2O2/c1-4-40-27-19-17-25(18-20-27)30-31-28-7-5-6-8-29(28)37-33(31)35(39)38(21-24-13-9-22(2)10-14-24)34(32(30)36)26-15-11-23(3)12-16-26/h5-20,30,37H,4,21H2,1-3H3. The molecular weight excluding hydrogens is 607 g/mol. The van der Waals surface area contributed by atoms with E-state index in [9.17, 15) is 4.79 Å². The van der Waals surface area contributed by atoms with Gasteiger partial charge in [-0.25, -0.2) is 0 Å². The van der Waals surface area contributed by atoms with Crippen molar-refractivity contribution in [2.24, 2.45) is 0 Å². The van der Waals surface area contributed by atoms with Crippen LogP contribution in [0.2, 0.25) is 0 Å². The van der Waals surface area contributed by atoms with Crippen LogP contribution in [0.15, 0.2) is 101 Å². The summed E-state index contributed by atoms with van der Waals surface area (Å²) in [5, 5.41) is 1.07. The molecule has 1 N–H and O–H groups in total. The Balaban J connectivity index is 1.63. The van der Waals surface area contributed by atoms with Crippen LogP contribution in [0.25, 0.3) is 16.6 Å². The number of allylic oxidation sites excluding steroid dienone is 1. The lowest BCUT2D eigenvalue weighted by molar-refractivity contribution is 0.0823. The van der Waals surface area contributed by atoms with Crippen LogP contribution in [0.3, 0.4) is 0 Å². The van der Waals surface area contributed by atoms with Crippen molar-refractivity contribution in [3.63, 3.8) is 0 Å². The summed E-state index contributed by atoms with van der Waals surface area (Å²) in [6.07, 6.45) is 0. The van der Waals surface area contributed by atoms with Gasteiger partial charge in [-0.3, -0.25) is 4.79 Å². The van der Waals surface area contributed by atoms with Gasteiger partial charge in [0.15, 0.2) is 0 Å². The maximum Gasteiger partial charge on any atom is 0.275 e. The summed E-state index contributed by atoms with van der Waals surface area (Å²) in [5.41, 5.74) is 9.19. The molecule has 200 valence electrons. The van der Waals surface area contributed by atoms with Crippen molar-refractivity contribution in [3.05, 3.63) is 140 Å². The molecule has 5 aromatic rings. The highest BCUT2D eigenvalue weighted by Gasteiger charge is 2.37. The van der Waals surface area contributed by atoms with Crippen molar-refractivity contribution >= 4 is 45.1 Å². The highest BCUT2D eigenvalue weighted by molar-refractivity contribution is 14.1. The number of carbonyl (C=O) groups excluding carboxylic acids is 1. The van der Waals surface area contributed by atoms with E-state index in [1.807, 2.05) is 42.2 Å². The van der Waals surface area contributed by atoms with Gasteiger partial charge in [-0.05, 0) is 78.3 Å². The minimum absolute atomic E-state index is 0.0232. The van der Waals surface area contributed by atoms with E-state index in [2.05, 4.69) is 108 Å². The Morgan fingerprint density at radius 3 is 2.17 bits per heavy atom. The Morgan fingerprint density at radius 2 is 1.50 bits per heavy atom. The van der Waals surface area contributed by atoms with Gasteiger partial charge in [0.2, 0.25) is 0 Å². The Bertz CT molecular complexity index is 1710. The van der Waals surface area contributed by atoms with E-state index < -0.39 is 0 Å². The summed E-state index contributed by atoms with van der Waals surface area (Å²) in [7, 11) is 0. The van der Waals surface area contributed by atoms with E-state index in [-0.39, 0.29) is 11.8 Å². The molecule has 0 aliphatic carbocycles. The van der Waals surface area contributed by atoms with Crippen LogP contribution < -0.4 is 4.74 Å². The van der Waals surface area contributed by atoms with Crippen LogP contribution in [0.4, 0.5) is 0 Å². The maximum atomic E-state index is 14.6. The zero-order valence-corrected chi connectivity index (χ0v) is 25.0. The zero-order chi connectivity index (χ0) is 27.8. The molecule has 1 aromatic heterocycles. The number of aromatic amines is 1. The number of rotatable bonds is 6. The Labute approximate surface area is 248 Å². The van der Waals surface area contributed by atoms with Gasteiger partial charge in [-0.1, -0.05) is 90.0 Å². The largest absolute Gasteiger partial charge is 0.494 e. The third-order valence-corrected chi connectivity index (χ3v) is 8.69. The SMILES string of the molecule is CCOc1ccc(C2C(I)=C(c3ccc(C)cc3)N(Cc3ccc(C)cc3)C(=O)c3[nH]c4ccccc4c32)cc1. The predicted molar refractivity (Wildman–Crippen MR) is 171 cm³/mol. The number of aryl methyl sites for hydroxylation is 2. The monoisotopic (exact) mass is 638 g/mol. The summed E-state index contributed by atoms with van der Waals surface area (Å²) < 4.78 is 6.86. The summed E-state index contributed by atoms with van der Waals surface area (Å²) in [6.45, 7) is 7.25. The molecule has 1 aliphatic rings. The number of carbonyl (C=O) groups is 1. The number of hydrogen-bond acceptors (Lipinski definition) is 2. The van der Waals surface area contributed by atoms with Gasteiger partial charge in [0.25, 0.3) is 5.91 Å². The fourth-order valence-electron chi connectivity index (χ4n) is 5.53. The first-order chi connectivity index (χ1) is 19.4. The van der Waals surface area contributed by atoms with Crippen LogP contribution in [-0.2, 0) is 6.54 Å². The second kappa shape index (κ2) is 11.0. The third kappa shape index (κ3) is 4.83. The number of hydrogen-bond donors (Lipinski definition) is 1. The van der Waals surface area contributed by atoms with Crippen LogP contribution in [0.1, 0.15) is 56.7 Å². The zero-order valence-electron chi connectivity index (χ0n) is 22.9. The molecule has 40 heavy (non-hydrogen) atoms. The number of ether oxygens (including phenoxy) is 1. The van der Waals surface area contributed by atoms with Crippen LogP contribution in [0.5, 0.6) is 5.75 Å². The molecule has 6 rings (SSSR count). The number of para-hydroxylation sites is 1. The maximum absolute atomic E-state index is 14.6. The van der Waals surface area contributed by atoms with Crippen molar-refractivity contribution < 1.29 is 9.53 Å². The lowest BCUT2D eigenvalue weighted by Gasteiger charge is -2.27. The minimum atomic E-state index is -0.134. The van der Waals surface area contributed by atoms with Gasteiger partial charge in [0.1, 0.15) is 11.4 Å². The fraction of sp³-hybridized carbons (Fsp3) is 0.171. The average molecular weight is 639 g/mol. The van der Waals surface area contributed by atoms with Crippen LogP contribution >= 0.6 is 22.6 Å². The van der Waals surface area contributed by atoms with Crippen molar-refractivity contribution in [2.45, 2.75) is 33.2 Å². The van der Waals surface area contributed by atoms with Crippen molar-refractivity contribution in [2.75, 3.05) is 6.61 Å². The summed E-state index contributed by atoms with van der Waals surface area (Å²) in [4.78, 5) is 20.1. The molecule has 1 unspecified atom stereocenters. The summed E-state index contributed by atoms with van der Waals surface area (Å²) in [5.74, 6) is 0.685. The van der Waals surface area contributed by atoms with E-state index in [4.69, 9.17) is 4.74 Å². The molecule has 0 saturated carbocycles. The average Bonchev–Trinajstić information content (AvgIpc) is 3.31. The summed E-state index contributed by atoms with van der Waals surface area (Å²) in [6, 6.07) is 33.5. The van der Waals surface area contributed by atoms with Gasteiger partial charge in [-0.15, -0.1) is 0 Å². The quantitative estimate of drug-likeness (QED) is 0.189. The highest BCUT2D eigenvalue weighted by atomic mass is 127. The molecule has 1 atom stereocenters. The number of nitrogens with zero attached hydrogens (tertiary/aromatic N) is 1. The number of benzene rings is 4. The van der Waals surface area contributed by atoms with Gasteiger partial charge in [-0.2, -0.15) is 0 Å². The number of halogens is 1. The lowest BCUT2D eigenvalue weighted by atomic mass is 9.88. The molecule has 4 nitrogen and oxygen atoms in total. The van der Waals surface area contributed by atoms with Gasteiger partial charge >= 0.3 is 0 Å². The second-order valence-corrected chi connectivity index (χ2v) is 11.5. The first-order valence-electron chi connectivity index (χ1n) is 13.6. The molecule has 1 aliphatic heterocycles. The molecule has 4 aromatic carbocycles. The molecule has 0 spiro atoms. The van der Waals surface area contributed by atoms with Gasteiger partial charge < -0.3 is 14.6 Å². The molecule has 0 bridgehead atoms. The molecule has 1 amide bonds. The number of amides is 1.